The van der Waals surface area contributed by atoms with Crippen molar-refractivity contribution in [2.75, 3.05) is 5.73 Å². The maximum absolute atomic E-state index is 5.85. The van der Waals surface area contributed by atoms with Gasteiger partial charge in [0.1, 0.15) is 0 Å². The molecule has 0 fully saturated rings. The lowest BCUT2D eigenvalue weighted by Crippen LogP contribution is -1.95. The number of halogens is 1. The monoisotopic (exact) mass is 294 g/mol. The standard InChI is InChI=1S/C13H15BrN2O/c1-7(2)11-12(17-16-13(11)15)10-6-9(14)5-4-8(10)3/h4-7H,1-3H3,(H2,15,16). The summed E-state index contributed by atoms with van der Waals surface area (Å²) in [5.74, 6) is 1.54. The summed E-state index contributed by atoms with van der Waals surface area (Å²) in [6.45, 7) is 6.21. The van der Waals surface area contributed by atoms with Crippen molar-refractivity contribution in [3.05, 3.63) is 33.8 Å². The summed E-state index contributed by atoms with van der Waals surface area (Å²) in [7, 11) is 0. The number of nitrogens with zero attached hydrogens (tertiary/aromatic N) is 1. The number of hydrogen-bond acceptors (Lipinski definition) is 3. The van der Waals surface area contributed by atoms with Crippen LogP contribution < -0.4 is 5.73 Å². The van der Waals surface area contributed by atoms with Gasteiger partial charge >= 0.3 is 0 Å². The highest BCUT2D eigenvalue weighted by atomic mass is 79.9. The number of aryl methyl sites for hydroxylation is 1. The number of anilines is 1. The summed E-state index contributed by atoms with van der Waals surface area (Å²) in [4.78, 5) is 0. The van der Waals surface area contributed by atoms with Gasteiger partial charge in [0.25, 0.3) is 0 Å². The summed E-state index contributed by atoms with van der Waals surface area (Å²) < 4.78 is 6.40. The van der Waals surface area contributed by atoms with Gasteiger partial charge in [-0.05, 0) is 30.5 Å². The molecule has 0 unspecified atom stereocenters. The number of rotatable bonds is 2. The van der Waals surface area contributed by atoms with Crippen LogP contribution in [0, 0.1) is 6.92 Å². The van der Waals surface area contributed by atoms with Gasteiger partial charge in [-0.25, -0.2) is 0 Å². The maximum atomic E-state index is 5.85. The molecule has 0 aliphatic carbocycles. The number of benzene rings is 1. The van der Waals surface area contributed by atoms with Gasteiger partial charge in [-0.2, -0.15) is 0 Å². The molecule has 4 heteroatoms. The molecule has 0 radical (unpaired) electrons. The Balaban J connectivity index is 2.64. The van der Waals surface area contributed by atoms with Gasteiger partial charge in [-0.15, -0.1) is 0 Å². The Labute approximate surface area is 109 Å². The van der Waals surface area contributed by atoms with E-state index >= 15 is 0 Å². The van der Waals surface area contributed by atoms with E-state index in [1.54, 1.807) is 0 Å². The second-order valence-electron chi connectivity index (χ2n) is 4.42. The lowest BCUT2D eigenvalue weighted by Gasteiger charge is -2.08. The van der Waals surface area contributed by atoms with E-state index in [1.807, 2.05) is 25.1 Å². The Hall–Kier alpha value is -1.29. The van der Waals surface area contributed by atoms with Crippen molar-refractivity contribution in [2.45, 2.75) is 26.7 Å². The van der Waals surface area contributed by atoms with Gasteiger partial charge in [0.05, 0.1) is 0 Å². The van der Waals surface area contributed by atoms with Crippen molar-refractivity contribution in [1.82, 2.24) is 5.16 Å². The fraction of sp³-hybridized carbons (Fsp3) is 0.308. The molecule has 0 atom stereocenters. The second-order valence-corrected chi connectivity index (χ2v) is 5.34. The summed E-state index contributed by atoms with van der Waals surface area (Å²) in [5, 5.41) is 3.87. The van der Waals surface area contributed by atoms with E-state index in [0.29, 0.717) is 5.82 Å². The minimum Gasteiger partial charge on any atom is -0.381 e. The Kier molecular flexibility index (Phi) is 3.24. The first kappa shape index (κ1) is 12.2. The van der Waals surface area contributed by atoms with E-state index in [1.165, 1.54) is 0 Å². The van der Waals surface area contributed by atoms with Gasteiger partial charge in [-0.3, -0.25) is 0 Å². The van der Waals surface area contributed by atoms with Crippen molar-refractivity contribution >= 4 is 21.7 Å². The Morgan fingerprint density at radius 3 is 2.71 bits per heavy atom. The molecule has 1 heterocycles. The zero-order valence-corrected chi connectivity index (χ0v) is 11.7. The third-order valence-electron chi connectivity index (χ3n) is 2.78. The molecule has 0 aliphatic rings. The quantitative estimate of drug-likeness (QED) is 0.906. The van der Waals surface area contributed by atoms with Crippen LogP contribution >= 0.6 is 15.9 Å². The first-order chi connectivity index (χ1) is 8.00. The van der Waals surface area contributed by atoms with Crippen molar-refractivity contribution in [3.63, 3.8) is 0 Å². The average molecular weight is 295 g/mol. The SMILES string of the molecule is Cc1ccc(Br)cc1-c1onc(N)c1C(C)C. The minimum absolute atomic E-state index is 0.287. The highest BCUT2D eigenvalue weighted by Gasteiger charge is 2.19. The maximum Gasteiger partial charge on any atom is 0.172 e. The van der Waals surface area contributed by atoms with E-state index in [2.05, 4.69) is 34.9 Å². The fourth-order valence-electron chi connectivity index (χ4n) is 1.90. The van der Waals surface area contributed by atoms with Crippen LogP contribution in [0.5, 0.6) is 0 Å². The smallest absolute Gasteiger partial charge is 0.172 e. The van der Waals surface area contributed by atoms with Crippen molar-refractivity contribution in [2.24, 2.45) is 0 Å². The minimum atomic E-state index is 0.287. The second kappa shape index (κ2) is 4.53. The molecule has 0 saturated heterocycles. The highest BCUT2D eigenvalue weighted by molar-refractivity contribution is 9.10. The Morgan fingerprint density at radius 1 is 1.35 bits per heavy atom. The molecule has 0 bridgehead atoms. The topological polar surface area (TPSA) is 52.0 Å². The lowest BCUT2D eigenvalue weighted by atomic mass is 9.97. The molecule has 0 aliphatic heterocycles. The van der Waals surface area contributed by atoms with Crippen LogP contribution in [0.4, 0.5) is 5.82 Å². The number of nitrogen functional groups attached to an aromatic ring is 1. The predicted octanol–water partition coefficient (Wildman–Crippen LogP) is 4.12. The lowest BCUT2D eigenvalue weighted by molar-refractivity contribution is 0.434. The van der Waals surface area contributed by atoms with Crippen molar-refractivity contribution in [1.29, 1.82) is 0 Å². The zero-order chi connectivity index (χ0) is 12.6. The molecule has 90 valence electrons. The summed E-state index contributed by atoms with van der Waals surface area (Å²) in [5.41, 5.74) is 9.01. The third kappa shape index (κ3) is 2.22. The third-order valence-corrected chi connectivity index (χ3v) is 3.27. The number of aromatic nitrogens is 1. The van der Waals surface area contributed by atoms with Crippen LogP contribution in [-0.2, 0) is 0 Å². The van der Waals surface area contributed by atoms with Gasteiger partial charge in [0.2, 0.25) is 0 Å². The molecule has 1 aromatic heterocycles. The first-order valence-electron chi connectivity index (χ1n) is 5.52. The van der Waals surface area contributed by atoms with Gasteiger partial charge in [0, 0.05) is 15.6 Å². The number of hydrogen-bond donors (Lipinski definition) is 1. The molecule has 0 saturated carbocycles. The van der Waals surface area contributed by atoms with Gasteiger partial charge in [0.15, 0.2) is 11.6 Å². The molecule has 2 rings (SSSR count). The van der Waals surface area contributed by atoms with E-state index in [4.69, 9.17) is 10.3 Å². The zero-order valence-electron chi connectivity index (χ0n) is 10.1. The van der Waals surface area contributed by atoms with E-state index in [9.17, 15) is 0 Å². The molecule has 0 spiro atoms. The van der Waals surface area contributed by atoms with Crippen molar-refractivity contribution < 1.29 is 4.52 Å². The summed E-state index contributed by atoms with van der Waals surface area (Å²) >= 11 is 3.47. The first-order valence-corrected chi connectivity index (χ1v) is 6.31. The van der Waals surface area contributed by atoms with Crippen molar-refractivity contribution in [3.8, 4) is 11.3 Å². The predicted molar refractivity (Wildman–Crippen MR) is 72.9 cm³/mol. The summed E-state index contributed by atoms with van der Waals surface area (Å²) in [6, 6.07) is 6.08. The molecular formula is C13H15BrN2O. The largest absolute Gasteiger partial charge is 0.381 e. The van der Waals surface area contributed by atoms with Crippen LogP contribution in [0.1, 0.15) is 30.9 Å². The Morgan fingerprint density at radius 2 is 2.06 bits per heavy atom. The molecule has 17 heavy (non-hydrogen) atoms. The fourth-order valence-corrected chi connectivity index (χ4v) is 2.26. The molecule has 0 amide bonds. The number of nitrogens with two attached hydrogens (primary N) is 1. The molecule has 2 aromatic rings. The van der Waals surface area contributed by atoms with Crippen LogP contribution in [0.3, 0.4) is 0 Å². The summed E-state index contributed by atoms with van der Waals surface area (Å²) in [6.07, 6.45) is 0. The van der Waals surface area contributed by atoms with Gasteiger partial charge < -0.3 is 10.3 Å². The van der Waals surface area contributed by atoms with Crippen LogP contribution in [0.2, 0.25) is 0 Å². The van der Waals surface area contributed by atoms with E-state index in [0.717, 1.165) is 26.9 Å². The molecular weight excluding hydrogens is 280 g/mol. The molecule has 3 nitrogen and oxygen atoms in total. The molecule has 1 aromatic carbocycles. The van der Waals surface area contributed by atoms with Crippen LogP contribution in [0.15, 0.2) is 27.2 Å². The Bertz CT molecular complexity index is 546. The van der Waals surface area contributed by atoms with Crippen LogP contribution in [0.25, 0.3) is 11.3 Å². The van der Waals surface area contributed by atoms with E-state index in [-0.39, 0.29) is 5.92 Å². The van der Waals surface area contributed by atoms with Crippen LogP contribution in [-0.4, -0.2) is 5.16 Å². The van der Waals surface area contributed by atoms with E-state index < -0.39 is 0 Å². The van der Waals surface area contributed by atoms with Gasteiger partial charge in [-0.1, -0.05) is 41.0 Å². The highest BCUT2D eigenvalue weighted by Crippen LogP contribution is 2.36. The average Bonchev–Trinajstić information content (AvgIpc) is 2.64. The normalized spacial score (nSPS) is 11.1. The molecule has 2 N–H and O–H groups in total.